The summed E-state index contributed by atoms with van der Waals surface area (Å²) < 4.78 is 5.70. The zero-order valence-electron chi connectivity index (χ0n) is 10.7. The Kier molecular flexibility index (Phi) is 3.89. The van der Waals surface area contributed by atoms with Crippen molar-refractivity contribution in [1.82, 2.24) is 9.97 Å². The zero-order chi connectivity index (χ0) is 13.6. The summed E-state index contributed by atoms with van der Waals surface area (Å²) in [4.78, 5) is 9.39. The van der Waals surface area contributed by atoms with Crippen LogP contribution in [0, 0.1) is 0 Å². The molecule has 0 saturated carbocycles. The van der Waals surface area contributed by atoms with Crippen LogP contribution in [-0.2, 0) is 6.54 Å². The lowest BCUT2D eigenvalue weighted by molar-refractivity contribution is 0.463. The van der Waals surface area contributed by atoms with Crippen LogP contribution >= 0.6 is 11.3 Å². The van der Waals surface area contributed by atoms with Gasteiger partial charge >= 0.3 is 0 Å². The van der Waals surface area contributed by atoms with Gasteiger partial charge in [0.2, 0.25) is 5.88 Å². The first-order valence-corrected chi connectivity index (χ1v) is 7.08. The van der Waals surface area contributed by atoms with Gasteiger partial charge in [-0.05, 0) is 18.2 Å². The smallest absolute Gasteiger partial charge is 0.219 e. The number of rotatable bonds is 5. The third-order valence-corrected chi connectivity index (χ3v) is 3.42. The van der Waals surface area contributed by atoms with Crippen LogP contribution in [0.3, 0.4) is 0 Å². The van der Waals surface area contributed by atoms with E-state index in [1.54, 1.807) is 17.5 Å². The highest BCUT2D eigenvalue weighted by atomic mass is 32.1. The predicted octanol–water partition coefficient (Wildman–Crippen LogP) is 3.94. The number of nitrogens with one attached hydrogen (secondary N) is 1. The average Bonchev–Trinajstić information content (AvgIpc) is 3.00. The van der Waals surface area contributed by atoms with Gasteiger partial charge in [0, 0.05) is 35.1 Å². The number of hydrogen-bond donors (Lipinski definition) is 1. The first-order chi connectivity index (χ1) is 9.90. The highest BCUT2D eigenvalue weighted by molar-refractivity contribution is 7.09. The second kappa shape index (κ2) is 6.16. The first-order valence-electron chi connectivity index (χ1n) is 6.20. The molecule has 0 aliphatic rings. The molecule has 0 bridgehead atoms. The van der Waals surface area contributed by atoms with Crippen molar-refractivity contribution in [2.75, 3.05) is 5.32 Å². The number of anilines is 1. The van der Waals surface area contributed by atoms with Gasteiger partial charge in [-0.15, -0.1) is 11.3 Å². The van der Waals surface area contributed by atoms with Crippen molar-refractivity contribution in [3.05, 3.63) is 65.2 Å². The van der Waals surface area contributed by atoms with Gasteiger partial charge in [-0.1, -0.05) is 12.1 Å². The summed E-state index contributed by atoms with van der Waals surface area (Å²) >= 11 is 1.63. The van der Waals surface area contributed by atoms with Gasteiger partial charge in [0.05, 0.1) is 12.1 Å². The molecule has 5 heteroatoms. The van der Waals surface area contributed by atoms with E-state index in [1.165, 1.54) is 4.88 Å². The molecule has 0 aliphatic carbocycles. The van der Waals surface area contributed by atoms with Gasteiger partial charge in [0.1, 0.15) is 5.75 Å². The molecule has 0 atom stereocenters. The van der Waals surface area contributed by atoms with Gasteiger partial charge in [-0.25, -0.2) is 4.98 Å². The molecule has 0 fully saturated rings. The molecule has 0 unspecified atom stereocenters. The number of hydrogen-bond acceptors (Lipinski definition) is 5. The van der Waals surface area contributed by atoms with Crippen molar-refractivity contribution in [2.24, 2.45) is 0 Å². The second-order valence-corrected chi connectivity index (χ2v) is 5.09. The minimum atomic E-state index is 0.590. The van der Waals surface area contributed by atoms with Gasteiger partial charge < -0.3 is 10.1 Å². The monoisotopic (exact) mass is 283 g/mol. The van der Waals surface area contributed by atoms with E-state index >= 15 is 0 Å². The van der Waals surface area contributed by atoms with E-state index in [4.69, 9.17) is 4.74 Å². The van der Waals surface area contributed by atoms with Gasteiger partial charge in [0.15, 0.2) is 0 Å². The Hall–Kier alpha value is -2.40. The van der Waals surface area contributed by atoms with Crippen molar-refractivity contribution >= 4 is 17.0 Å². The minimum absolute atomic E-state index is 0.590. The van der Waals surface area contributed by atoms with Crippen LogP contribution in [-0.4, -0.2) is 9.97 Å². The number of benzene rings is 1. The minimum Gasteiger partial charge on any atom is -0.439 e. The molecule has 3 aromatic rings. The lowest BCUT2D eigenvalue weighted by Crippen LogP contribution is -1.97. The van der Waals surface area contributed by atoms with Gasteiger partial charge in [-0.2, -0.15) is 0 Å². The molecule has 1 N–H and O–H groups in total. The highest BCUT2D eigenvalue weighted by Crippen LogP contribution is 2.23. The van der Waals surface area contributed by atoms with Crippen LogP contribution in [0.2, 0.25) is 0 Å². The fourth-order valence-corrected chi connectivity index (χ4v) is 2.25. The normalized spacial score (nSPS) is 10.2. The zero-order valence-corrected chi connectivity index (χ0v) is 11.5. The van der Waals surface area contributed by atoms with Crippen molar-refractivity contribution < 1.29 is 4.74 Å². The Balaban J connectivity index is 1.66. The molecule has 20 heavy (non-hydrogen) atoms. The number of aromatic nitrogens is 2. The number of thiazole rings is 1. The molecular weight excluding hydrogens is 270 g/mol. The van der Waals surface area contributed by atoms with Crippen molar-refractivity contribution in [3.8, 4) is 11.6 Å². The topological polar surface area (TPSA) is 47.0 Å². The lowest BCUT2D eigenvalue weighted by Gasteiger charge is -2.08. The first kappa shape index (κ1) is 12.6. The molecule has 3 rings (SSSR count). The van der Waals surface area contributed by atoms with Crippen molar-refractivity contribution in [3.63, 3.8) is 0 Å². The summed E-state index contributed by atoms with van der Waals surface area (Å²) in [6.07, 6.45) is 3.58. The van der Waals surface area contributed by atoms with Crippen molar-refractivity contribution in [2.45, 2.75) is 6.54 Å². The Labute approximate surface area is 121 Å². The Morgan fingerprint density at radius 2 is 2.15 bits per heavy atom. The summed E-state index contributed by atoms with van der Waals surface area (Å²) in [5, 5.41) is 3.34. The number of nitrogens with zero attached hydrogens (tertiary/aromatic N) is 2. The molecule has 2 aromatic heterocycles. The summed E-state index contributed by atoms with van der Waals surface area (Å²) in [5.41, 5.74) is 2.84. The predicted molar refractivity (Wildman–Crippen MR) is 80.2 cm³/mol. The molecule has 100 valence electrons. The van der Waals surface area contributed by atoms with E-state index in [2.05, 4.69) is 15.3 Å². The van der Waals surface area contributed by atoms with Crippen LogP contribution in [0.4, 0.5) is 5.69 Å². The average molecular weight is 283 g/mol. The molecule has 0 amide bonds. The van der Waals surface area contributed by atoms with Crippen LogP contribution < -0.4 is 10.1 Å². The maximum absolute atomic E-state index is 5.70. The molecule has 0 spiro atoms. The quantitative estimate of drug-likeness (QED) is 0.770. The summed E-state index contributed by atoms with van der Waals surface area (Å²) in [5.74, 6) is 1.35. The summed E-state index contributed by atoms with van der Waals surface area (Å²) in [6.45, 7) is 0.762. The number of ether oxygens (including phenoxy) is 1. The fraction of sp³-hybridized carbons (Fsp3) is 0.0667. The lowest BCUT2D eigenvalue weighted by atomic mass is 10.3. The largest absolute Gasteiger partial charge is 0.439 e. The molecule has 4 nitrogen and oxygen atoms in total. The standard InChI is InChI=1S/C15H13N3OS/c1-2-7-17-15(6-1)19-13-5-3-4-12(8-13)18-10-14-9-16-11-20-14/h1-9,11,18H,10H2. The maximum Gasteiger partial charge on any atom is 0.219 e. The van der Waals surface area contributed by atoms with Crippen LogP contribution in [0.5, 0.6) is 11.6 Å². The maximum atomic E-state index is 5.70. The fourth-order valence-electron chi connectivity index (χ4n) is 1.72. The van der Waals surface area contributed by atoms with Crippen LogP contribution in [0.15, 0.2) is 60.4 Å². The van der Waals surface area contributed by atoms with Gasteiger partial charge in [-0.3, -0.25) is 4.98 Å². The summed E-state index contributed by atoms with van der Waals surface area (Å²) in [7, 11) is 0. The van der Waals surface area contributed by atoms with E-state index in [-0.39, 0.29) is 0 Å². The molecular formula is C15H13N3OS. The van der Waals surface area contributed by atoms with E-state index < -0.39 is 0 Å². The molecule has 1 aromatic carbocycles. The molecule has 0 aliphatic heterocycles. The number of pyridine rings is 1. The van der Waals surface area contributed by atoms with Gasteiger partial charge in [0.25, 0.3) is 0 Å². The Morgan fingerprint density at radius 1 is 1.15 bits per heavy atom. The summed E-state index contributed by atoms with van der Waals surface area (Å²) in [6, 6.07) is 13.4. The SMILES string of the molecule is c1ccc(Oc2cccc(NCc3cncs3)c2)nc1. The molecule has 0 radical (unpaired) electrons. The third-order valence-electron chi connectivity index (χ3n) is 2.64. The molecule has 2 heterocycles. The second-order valence-electron chi connectivity index (χ2n) is 4.12. The van der Waals surface area contributed by atoms with Crippen LogP contribution in [0.1, 0.15) is 4.88 Å². The van der Waals surface area contributed by atoms with E-state index in [9.17, 15) is 0 Å². The van der Waals surface area contributed by atoms with E-state index in [1.807, 2.05) is 54.2 Å². The highest BCUT2D eigenvalue weighted by Gasteiger charge is 2.00. The third kappa shape index (κ3) is 3.33. The van der Waals surface area contributed by atoms with Crippen molar-refractivity contribution in [1.29, 1.82) is 0 Å². The molecule has 0 saturated heterocycles. The Morgan fingerprint density at radius 3 is 2.95 bits per heavy atom. The van der Waals surface area contributed by atoms with E-state index in [0.717, 1.165) is 18.0 Å². The Bertz CT molecular complexity index is 656. The van der Waals surface area contributed by atoms with Crippen LogP contribution in [0.25, 0.3) is 0 Å². The van der Waals surface area contributed by atoms with E-state index in [0.29, 0.717) is 5.88 Å².